The predicted molar refractivity (Wildman–Crippen MR) is 80.2 cm³/mol. The third-order valence-corrected chi connectivity index (χ3v) is 4.28. The fourth-order valence-corrected chi connectivity index (χ4v) is 3.08. The van der Waals surface area contributed by atoms with Gasteiger partial charge in [-0.25, -0.2) is 0 Å². The SMILES string of the molecule is Clc1ccc(C2CC2CNC2=NCCCN2)c(Cl)c1. The molecule has 0 aromatic heterocycles. The van der Waals surface area contributed by atoms with Crippen LogP contribution in [0.5, 0.6) is 0 Å². The lowest BCUT2D eigenvalue weighted by Crippen LogP contribution is -2.41. The summed E-state index contributed by atoms with van der Waals surface area (Å²) >= 11 is 12.2. The summed E-state index contributed by atoms with van der Waals surface area (Å²) in [5.74, 6) is 2.14. The molecule has 0 spiro atoms. The van der Waals surface area contributed by atoms with Gasteiger partial charge in [-0.3, -0.25) is 4.99 Å². The summed E-state index contributed by atoms with van der Waals surface area (Å²) in [6.45, 7) is 2.89. The first kappa shape index (κ1) is 13.1. The molecule has 1 heterocycles. The molecule has 2 N–H and O–H groups in total. The van der Waals surface area contributed by atoms with E-state index in [1.807, 2.05) is 18.2 Å². The zero-order valence-corrected chi connectivity index (χ0v) is 12.1. The fourth-order valence-electron chi connectivity index (χ4n) is 2.54. The van der Waals surface area contributed by atoms with Crippen molar-refractivity contribution >= 4 is 29.2 Å². The maximum absolute atomic E-state index is 6.24. The molecule has 5 heteroatoms. The van der Waals surface area contributed by atoms with Crippen LogP contribution in [0.25, 0.3) is 0 Å². The molecule has 102 valence electrons. The molecule has 1 fully saturated rings. The first-order valence-electron chi connectivity index (χ1n) is 6.71. The van der Waals surface area contributed by atoms with Gasteiger partial charge in [-0.05, 0) is 42.4 Å². The molecule has 1 saturated carbocycles. The first-order valence-corrected chi connectivity index (χ1v) is 7.47. The highest BCUT2D eigenvalue weighted by molar-refractivity contribution is 6.35. The average Bonchev–Trinajstić information content (AvgIpc) is 3.17. The lowest BCUT2D eigenvalue weighted by Gasteiger charge is -2.15. The standard InChI is InChI=1S/C14H17Cl2N3/c15-10-2-3-11(13(16)7-10)12-6-9(12)8-19-14-17-4-1-5-18-14/h2-3,7,9,12H,1,4-6,8H2,(H2,17,18,19). The van der Waals surface area contributed by atoms with Crippen LogP contribution in [0.2, 0.25) is 10.0 Å². The van der Waals surface area contributed by atoms with Crippen LogP contribution < -0.4 is 10.6 Å². The van der Waals surface area contributed by atoms with Crippen LogP contribution in [0.1, 0.15) is 24.3 Å². The third-order valence-electron chi connectivity index (χ3n) is 3.71. The first-order chi connectivity index (χ1) is 9.24. The second-order valence-corrected chi connectivity index (χ2v) is 6.00. The lowest BCUT2D eigenvalue weighted by molar-refractivity contribution is 0.674. The van der Waals surface area contributed by atoms with Gasteiger partial charge in [-0.15, -0.1) is 0 Å². The Balaban J connectivity index is 1.54. The Kier molecular flexibility index (Phi) is 3.85. The van der Waals surface area contributed by atoms with Crippen molar-refractivity contribution in [2.45, 2.75) is 18.8 Å². The molecular formula is C14H17Cl2N3. The molecule has 2 atom stereocenters. The summed E-state index contributed by atoms with van der Waals surface area (Å²) in [6, 6.07) is 5.79. The smallest absolute Gasteiger partial charge is 0.191 e. The van der Waals surface area contributed by atoms with E-state index in [1.54, 1.807) is 0 Å². The molecule has 1 aromatic carbocycles. The van der Waals surface area contributed by atoms with E-state index in [9.17, 15) is 0 Å². The van der Waals surface area contributed by atoms with Gasteiger partial charge in [0.15, 0.2) is 5.96 Å². The second-order valence-electron chi connectivity index (χ2n) is 5.16. The summed E-state index contributed by atoms with van der Waals surface area (Å²) in [7, 11) is 0. The van der Waals surface area contributed by atoms with Gasteiger partial charge in [0.25, 0.3) is 0 Å². The summed E-state index contributed by atoms with van der Waals surface area (Å²) in [4.78, 5) is 4.41. The Hall–Kier alpha value is -0.930. The minimum atomic E-state index is 0.557. The Morgan fingerprint density at radius 2 is 2.26 bits per heavy atom. The third kappa shape index (κ3) is 3.15. The number of guanidine groups is 1. The minimum absolute atomic E-state index is 0.557. The van der Waals surface area contributed by atoms with Crippen molar-refractivity contribution < 1.29 is 0 Å². The Labute approximate surface area is 123 Å². The molecule has 19 heavy (non-hydrogen) atoms. The maximum Gasteiger partial charge on any atom is 0.191 e. The summed E-state index contributed by atoms with van der Waals surface area (Å²) in [5.41, 5.74) is 1.22. The van der Waals surface area contributed by atoms with E-state index < -0.39 is 0 Å². The van der Waals surface area contributed by atoms with Crippen LogP contribution in [0.15, 0.2) is 23.2 Å². The van der Waals surface area contributed by atoms with Crippen LogP contribution in [0.4, 0.5) is 0 Å². The predicted octanol–water partition coefficient (Wildman–Crippen LogP) is 3.04. The zero-order chi connectivity index (χ0) is 13.2. The van der Waals surface area contributed by atoms with Crippen molar-refractivity contribution in [2.24, 2.45) is 10.9 Å². The topological polar surface area (TPSA) is 36.4 Å². The molecule has 0 saturated heterocycles. The summed E-state index contributed by atoms with van der Waals surface area (Å²) < 4.78 is 0. The van der Waals surface area contributed by atoms with E-state index >= 15 is 0 Å². The number of nitrogens with zero attached hydrogens (tertiary/aromatic N) is 1. The highest BCUT2D eigenvalue weighted by Gasteiger charge is 2.39. The quantitative estimate of drug-likeness (QED) is 0.900. The molecule has 1 aliphatic carbocycles. The highest BCUT2D eigenvalue weighted by atomic mass is 35.5. The number of hydrogen-bond acceptors (Lipinski definition) is 3. The van der Waals surface area contributed by atoms with E-state index in [1.165, 1.54) is 12.0 Å². The van der Waals surface area contributed by atoms with Gasteiger partial charge in [0, 0.05) is 29.7 Å². The van der Waals surface area contributed by atoms with E-state index in [-0.39, 0.29) is 0 Å². The average molecular weight is 298 g/mol. The van der Waals surface area contributed by atoms with Crippen molar-refractivity contribution in [1.82, 2.24) is 10.6 Å². The van der Waals surface area contributed by atoms with E-state index in [0.717, 1.165) is 37.0 Å². The van der Waals surface area contributed by atoms with Crippen molar-refractivity contribution in [3.05, 3.63) is 33.8 Å². The van der Waals surface area contributed by atoms with Gasteiger partial charge in [-0.1, -0.05) is 29.3 Å². The van der Waals surface area contributed by atoms with Gasteiger partial charge in [0.1, 0.15) is 0 Å². The Bertz CT molecular complexity index is 501. The highest BCUT2D eigenvalue weighted by Crippen LogP contribution is 2.49. The number of rotatable bonds is 3. The summed E-state index contributed by atoms with van der Waals surface area (Å²) in [6.07, 6.45) is 2.30. The molecule has 3 rings (SSSR count). The number of aliphatic imine (C=N–C) groups is 1. The van der Waals surface area contributed by atoms with Crippen LogP contribution >= 0.6 is 23.2 Å². The molecule has 2 aliphatic rings. The van der Waals surface area contributed by atoms with E-state index in [2.05, 4.69) is 15.6 Å². The molecule has 2 unspecified atom stereocenters. The minimum Gasteiger partial charge on any atom is -0.356 e. The zero-order valence-electron chi connectivity index (χ0n) is 10.6. The van der Waals surface area contributed by atoms with Crippen LogP contribution in [-0.2, 0) is 0 Å². The van der Waals surface area contributed by atoms with Crippen molar-refractivity contribution in [3.63, 3.8) is 0 Å². The molecule has 1 aromatic rings. The Morgan fingerprint density at radius 1 is 1.37 bits per heavy atom. The normalized spacial score (nSPS) is 25.5. The van der Waals surface area contributed by atoms with Crippen LogP contribution in [0, 0.1) is 5.92 Å². The van der Waals surface area contributed by atoms with Crippen LogP contribution in [-0.4, -0.2) is 25.6 Å². The molecular weight excluding hydrogens is 281 g/mol. The van der Waals surface area contributed by atoms with Crippen molar-refractivity contribution in [3.8, 4) is 0 Å². The van der Waals surface area contributed by atoms with Gasteiger partial charge in [0.2, 0.25) is 0 Å². The number of hydrogen-bond donors (Lipinski definition) is 2. The van der Waals surface area contributed by atoms with Gasteiger partial charge in [-0.2, -0.15) is 0 Å². The molecule has 1 aliphatic heterocycles. The van der Waals surface area contributed by atoms with Crippen LogP contribution in [0.3, 0.4) is 0 Å². The van der Waals surface area contributed by atoms with E-state index in [4.69, 9.17) is 23.2 Å². The van der Waals surface area contributed by atoms with Crippen molar-refractivity contribution in [1.29, 1.82) is 0 Å². The number of halogens is 2. The molecule has 0 radical (unpaired) electrons. The summed E-state index contributed by atoms with van der Waals surface area (Å²) in [5, 5.41) is 8.14. The number of benzene rings is 1. The van der Waals surface area contributed by atoms with Gasteiger partial charge >= 0.3 is 0 Å². The number of nitrogens with one attached hydrogen (secondary N) is 2. The van der Waals surface area contributed by atoms with E-state index in [0.29, 0.717) is 16.9 Å². The molecule has 0 bridgehead atoms. The lowest BCUT2D eigenvalue weighted by atomic mass is 10.1. The largest absolute Gasteiger partial charge is 0.356 e. The molecule has 3 nitrogen and oxygen atoms in total. The van der Waals surface area contributed by atoms with Gasteiger partial charge < -0.3 is 10.6 Å². The monoisotopic (exact) mass is 297 g/mol. The molecule has 0 amide bonds. The van der Waals surface area contributed by atoms with Crippen molar-refractivity contribution in [2.75, 3.05) is 19.6 Å². The second kappa shape index (κ2) is 5.59. The fraction of sp³-hybridized carbons (Fsp3) is 0.500. The Morgan fingerprint density at radius 3 is 3.00 bits per heavy atom. The maximum atomic E-state index is 6.24. The van der Waals surface area contributed by atoms with Gasteiger partial charge in [0.05, 0.1) is 0 Å².